The Morgan fingerprint density at radius 2 is 2.00 bits per heavy atom. The van der Waals surface area contributed by atoms with Gasteiger partial charge in [0.25, 0.3) is 0 Å². The van der Waals surface area contributed by atoms with Crippen molar-refractivity contribution in [2.24, 2.45) is 13.0 Å². The van der Waals surface area contributed by atoms with Gasteiger partial charge < -0.3 is 25.0 Å². The number of ether oxygens (including phenoxy) is 2. The predicted octanol–water partition coefficient (Wildman–Crippen LogP) is 3.42. The predicted molar refractivity (Wildman–Crippen MR) is 132 cm³/mol. The third-order valence-corrected chi connectivity index (χ3v) is 6.09. The van der Waals surface area contributed by atoms with Crippen molar-refractivity contribution in [3.05, 3.63) is 54.0 Å². The number of aromatic nitrogens is 3. The van der Waals surface area contributed by atoms with Crippen molar-refractivity contribution in [3.63, 3.8) is 0 Å². The number of methoxy groups -OCH3 is 2. The molecule has 1 aliphatic heterocycles. The molecule has 4 rings (SSSR count). The summed E-state index contributed by atoms with van der Waals surface area (Å²) in [5.41, 5.74) is 3.86. The number of pyridine rings is 1. The van der Waals surface area contributed by atoms with Crippen LogP contribution in [0.3, 0.4) is 0 Å². The van der Waals surface area contributed by atoms with E-state index in [9.17, 15) is 4.79 Å². The first-order valence-corrected chi connectivity index (χ1v) is 11.4. The van der Waals surface area contributed by atoms with E-state index in [2.05, 4.69) is 25.6 Å². The van der Waals surface area contributed by atoms with Crippen LogP contribution >= 0.6 is 0 Å². The molecule has 2 N–H and O–H groups in total. The Morgan fingerprint density at radius 1 is 1.18 bits per heavy atom. The highest BCUT2D eigenvalue weighted by Crippen LogP contribution is 2.28. The molecule has 1 aliphatic rings. The summed E-state index contributed by atoms with van der Waals surface area (Å²) in [6.45, 7) is 3.99. The molecule has 1 atom stereocenters. The molecule has 34 heavy (non-hydrogen) atoms. The summed E-state index contributed by atoms with van der Waals surface area (Å²) in [5.74, 6) is 2.08. The maximum atomic E-state index is 12.9. The second-order valence-corrected chi connectivity index (χ2v) is 8.52. The van der Waals surface area contributed by atoms with Gasteiger partial charge in [0.1, 0.15) is 5.82 Å². The van der Waals surface area contributed by atoms with Gasteiger partial charge in [-0.3, -0.25) is 9.48 Å². The van der Waals surface area contributed by atoms with E-state index in [0.717, 1.165) is 47.8 Å². The molecule has 9 heteroatoms. The van der Waals surface area contributed by atoms with Gasteiger partial charge >= 0.3 is 0 Å². The van der Waals surface area contributed by atoms with Crippen molar-refractivity contribution in [3.8, 4) is 11.5 Å². The molecule has 1 fully saturated rings. The van der Waals surface area contributed by atoms with E-state index in [0.29, 0.717) is 24.6 Å². The van der Waals surface area contributed by atoms with E-state index in [-0.39, 0.29) is 11.8 Å². The fourth-order valence-corrected chi connectivity index (χ4v) is 4.29. The van der Waals surface area contributed by atoms with Crippen molar-refractivity contribution in [1.29, 1.82) is 0 Å². The quantitative estimate of drug-likeness (QED) is 0.528. The highest BCUT2D eigenvalue weighted by molar-refractivity contribution is 5.79. The molecule has 0 spiro atoms. The smallest absolute Gasteiger partial charge is 0.225 e. The van der Waals surface area contributed by atoms with Gasteiger partial charge in [0.2, 0.25) is 5.91 Å². The van der Waals surface area contributed by atoms with Crippen LogP contribution in [0.4, 0.5) is 17.2 Å². The molecule has 1 amide bonds. The Labute approximate surface area is 200 Å². The molecule has 180 valence electrons. The maximum Gasteiger partial charge on any atom is 0.225 e. The van der Waals surface area contributed by atoms with E-state index in [1.807, 2.05) is 50.5 Å². The SMILES string of the molecule is COc1ccc(CNC(=O)C2CCCN(c3ccnc(Nc4cn(C)nc4C)c3)C2)cc1OC. The number of hydrogen-bond acceptors (Lipinski definition) is 7. The molecule has 0 saturated carbocycles. The number of aryl methyl sites for hydroxylation is 2. The van der Waals surface area contributed by atoms with Gasteiger partial charge in [-0.25, -0.2) is 4.98 Å². The zero-order valence-corrected chi connectivity index (χ0v) is 20.2. The first-order valence-electron chi connectivity index (χ1n) is 11.4. The number of hydrogen-bond donors (Lipinski definition) is 2. The van der Waals surface area contributed by atoms with Crippen LogP contribution in [0.2, 0.25) is 0 Å². The van der Waals surface area contributed by atoms with Crippen LogP contribution < -0.4 is 25.0 Å². The minimum atomic E-state index is -0.0703. The summed E-state index contributed by atoms with van der Waals surface area (Å²) >= 11 is 0. The van der Waals surface area contributed by atoms with E-state index in [1.54, 1.807) is 25.1 Å². The highest BCUT2D eigenvalue weighted by Gasteiger charge is 2.26. The van der Waals surface area contributed by atoms with Gasteiger partial charge in [-0.15, -0.1) is 0 Å². The normalized spacial score (nSPS) is 15.6. The second kappa shape index (κ2) is 10.5. The van der Waals surface area contributed by atoms with Crippen LogP contribution in [0, 0.1) is 12.8 Å². The van der Waals surface area contributed by atoms with Gasteiger partial charge in [-0.2, -0.15) is 5.10 Å². The molecule has 3 heterocycles. The molecule has 0 bridgehead atoms. The largest absolute Gasteiger partial charge is 0.493 e. The molecular weight excluding hydrogens is 432 g/mol. The highest BCUT2D eigenvalue weighted by atomic mass is 16.5. The molecular formula is C25H32N6O3. The van der Waals surface area contributed by atoms with E-state index in [1.165, 1.54) is 0 Å². The van der Waals surface area contributed by atoms with Gasteiger partial charge in [0, 0.05) is 50.8 Å². The van der Waals surface area contributed by atoms with E-state index < -0.39 is 0 Å². The zero-order valence-electron chi connectivity index (χ0n) is 20.2. The summed E-state index contributed by atoms with van der Waals surface area (Å²) < 4.78 is 12.4. The van der Waals surface area contributed by atoms with E-state index in [4.69, 9.17) is 9.47 Å². The monoisotopic (exact) mass is 464 g/mol. The van der Waals surface area contributed by atoms with Gasteiger partial charge in [-0.05, 0) is 43.5 Å². The van der Waals surface area contributed by atoms with Gasteiger partial charge in [0.05, 0.1) is 31.5 Å². The molecule has 1 aromatic carbocycles. The van der Waals surface area contributed by atoms with Crippen molar-refractivity contribution in [2.75, 3.05) is 37.5 Å². The summed E-state index contributed by atoms with van der Waals surface area (Å²) in [6, 6.07) is 9.69. The molecule has 3 aromatic rings. The number of rotatable bonds is 8. The zero-order chi connectivity index (χ0) is 24.1. The Hall–Kier alpha value is -3.75. The topological polar surface area (TPSA) is 93.5 Å². The number of carbonyl (C=O) groups excluding carboxylic acids is 1. The van der Waals surface area contributed by atoms with Crippen LogP contribution in [0.25, 0.3) is 0 Å². The van der Waals surface area contributed by atoms with Crippen molar-refractivity contribution in [2.45, 2.75) is 26.3 Å². The Balaban J connectivity index is 1.37. The van der Waals surface area contributed by atoms with Crippen LogP contribution in [0.15, 0.2) is 42.7 Å². The number of anilines is 3. The van der Waals surface area contributed by atoms with Gasteiger partial charge in [0.15, 0.2) is 11.5 Å². The Kier molecular flexibility index (Phi) is 7.20. The molecule has 0 radical (unpaired) electrons. The number of carbonyl (C=O) groups is 1. The standard InChI is InChI=1S/C25H32N6O3/c1-17-21(16-30(2)29-17)28-24-13-20(9-10-26-24)31-11-5-6-19(15-31)25(32)27-14-18-7-8-22(33-3)23(12-18)34-4/h7-10,12-13,16,19H,5-6,11,14-15H2,1-4H3,(H,26,28)(H,27,32). The van der Waals surface area contributed by atoms with Crippen LogP contribution in [0.1, 0.15) is 24.1 Å². The third kappa shape index (κ3) is 5.41. The van der Waals surface area contributed by atoms with Crippen LogP contribution in [0.5, 0.6) is 11.5 Å². The lowest BCUT2D eigenvalue weighted by molar-refractivity contribution is -0.125. The molecule has 0 aliphatic carbocycles. The number of nitrogens with zero attached hydrogens (tertiary/aromatic N) is 4. The van der Waals surface area contributed by atoms with Crippen molar-refractivity contribution < 1.29 is 14.3 Å². The fourth-order valence-electron chi connectivity index (χ4n) is 4.29. The summed E-state index contributed by atoms with van der Waals surface area (Å²) in [6.07, 6.45) is 5.56. The average molecular weight is 465 g/mol. The average Bonchev–Trinajstić information content (AvgIpc) is 3.18. The second-order valence-electron chi connectivity index (χ2n) is 8.52. The molecule has 1 unspecified atom stereocenters. The minimum absolute atomic E-state index is 0.0675. The molecule has 1 saturated heterocycles. The number of amides is 1. The number of piperidine rings is 1. The summed E-state index contributed by atoms with van der Waals surface area (Å²) in [4.78, 5) is 19.7. The van der Waals surface area contributed by atoms with E-state index >= 15 is 0 Å². The minimum Gasteiger partial charge on any atom is -0.493 e. The molecule has 2 aromatic heterocycles. The third-order valence-electron chi connectivity index (χ3n) is 6.09. The maximum absolute atomic E-state index is 12.9. The van der Waals surface area contributed by atoms with Crippen LogP contribution in [-0.2, 0) is 18.4 Å². The lowest BCUT2D eigenvalue weighted by Crippen LogP contribution is -2.43. The first kappa shape index (κ1) is 23.4. The molecule has 9 nitrogen and oxygen atoms in total. The number of nitrogens with one attached hydrogen (secondary N) is 2. The fraction of sp³-hybridized carbons (Fsp3) is 0.400. The van der Waals surface area contributed by atoms with Crippen LogP contribution in [-0.4, -0.2) is 48.0 Å². The lowest BCUT2D eigenvalue weighted by atomic mass is 9.96. The lowest BCUT2D eigenvalue weighted by Gasteiger charge is -2.33. The van der Waals surface area contributed by atoms with Crippen molar-refractivity contribution >= 4 is 23.1 Å². The number of benzene rings is 1. The van der Waals surface area contributed by atoms with Crippen molar-refractivity contribution in [1.82, 2.24) is 20.1 Å². The summed E-state index contributed by atoms with van der Waals surface area (Å²) in [7, 11) is 5.11. The first-order chi connectivity index (χ1) is 16.5. The summed E-state index contributed by atoms with van der Waals surface area (Å²) in [5, 5.41) is 10.8. The Bertz CT molecular complexity index is 1150. The van der Waals surface area contributed by atoms with Gasteiger partial charge in [-0.1, -0.05) is 6.07 Å². The Morgan fingerprint density at radius 3 is 2.74 bits per heavy atom.